The molecule has 8 heteroatoms. The molecule has 38 heavy (non-hydrogen) atoms. The van der Waals surface area contributed by atoms with Gasteiger partial charge in [0.25, 0.3) is 0 Å². The summed E-state index contributed by atoms with van der Waals surface area (Å²) < 4.78 is 17.3. The number of aryl methyl sites for hydroxylation is 1. The molecular weight excluding hydrogens is 482 g/mol. The van der Waals surface area contributed by atoms with Crippen molar-refractivity contribution in [3.8, 4) is 5.75 Å². The number of carbonyl (C=O) groups excluding carboxylic acids is 1. The van der Waals surface area contributed by atoms with Crippen LogP contribution < -0.4 is 21.1 Å². The Bertz CT molecular complexity index is 998. The van der Waals surface area contributed by atoms with E-state index in [2.05, 4.69) is 22.8 Å². The van der Waals surface area contributed by atoms with E-state index in [4.69, 9.17) is 19.9 Å². The van der Waals surface area contributed by atoms with Crippen molar-refractivity contribution in [2.24, 2.45) is 5.73 Å². The zero-order valence-corrected chi connectivity index (χ0v) is 23.0. The number of urea groups is 1. The smallest absolute Gasteiger partial charge is 0.312 e. The molecule has 8 nitrogen and oxygen atoms in total. The van der Waals surface area contributed by atoms with E-state index in [-0.39, 0.29) is 0 Å². The summed E-state index contributed by atoms with van der Waals surface area (Å²) in [6.45, 7) is 7.78. The molecule has 0 aromatic heterocycles. The molecule has 0 saturated carbocycles. The van der Waals surface area contributed by atoms with Gasteiger partial charge >= 0.3 is 6.03 Å². The van der Waals surface area contributed by atoms with Gasteiger partial charge in [-0.3, -0.25) is 0 Å². The number of nitrogens with one attached hydrogen (secondary N) is 2. The third-order valence-corrected chi connectivity index (χ3v) is 6.59. The van der Waals surface area contributed by atoms with Gasteiger partial charge in [0.1, 0.15) is 5.75 Å². The Kier molecular flexibility index (Phi) is 12.3. The van der Waals surface area contributed by atoms with E-state index in [1.54, 1.807) is 0 Å². The van der Waals surface area contributed by atoms with Crippen LogP contribution in [0.5, 0.6) is 5.75 Å². The third-order valence-electron chi connectivity index (χ3n) is 6.59. The van der Waals surface area contributed by atoms with Crippen LogP contribution in [-0.4, -0.2) is 43.2 Å². The van der Waals surface area contributed by atoms with Crippen LogP contribution in [0, 0.1) is 0 Å². The molecule has 0 saturated heterocycles. The summed E-state index contributed by atoms with van der Waals surface area (Å²) in [6, 6.07) is 13.6. The Labute approximate surface area is 227 Å². The Morgan fingerprint density at radius 3 is 2.63 bits per heavy atom. The number of aliphatic hydroxyl groups excluding tert-OH is 1. The number of benzene rings is 2. The van der Waals surface area contributed by atoms with Gasteiger partial charge in [0.05, 0.1) is 12.7 Å². The lowest BCUT2D eigenvalue weighted by atomic mass is 10.0. The number of ether oxygens (including phenoxy) is 3. The van der Waals surface area contributed by atoms with Crippen molar-refractivity contribution in [3.05, 3.63) is 64.7 Å². The second-order valence-electron chi connectivity index (χ2n) is 10.4. The molecule has 210 valence electrons. The maximum atomic E-state index is 10.8. The maximum Gasteiger partial charge on any atom is 0.312 e. The third kappa shape index (κ3) is 11.0. The monoisotopic (exact) mass is 527 g/mol. The van der Waals surface area contributed by atoms with Crippen molar-refractivity contribution >= 4 is 6.03 Å². The first kappa shape index (κ1) is 29.9. The van der Waals surface area contributed by atoms with Gasteiger partial charge in [-0.2, -0.15) is 0 Å². The average molecular weight is 528 g/mol. The molecule has 5 N–H and O–H groups in total. The SMILES string of the molecule is CC1(C)OCc2cc([C@H](O)CNCCCCCCOCCCCc3cccc(CNC(N)=O)c3)ccc2O1. The first-order chi connectivity index (χ1) is 18.3. The van der Waals surface area contributed by atoms with E-state index in [9.17, 15) is 9.90 Å². The van der Waals surface area contributed by atoms with Crippen LogP contribution in [0.4, 0.5) is 4.79 Å². The van der Waals surface area contributed by atoms with Crippen molar-refractivity contribution in [2.75, 3.05) is 26.3 Å². The number of unbranched alkanes of at least 4 members (excludes halogenated alkanes) is 4. The summed E-state index contributed by atoms with van der Waals surface area (Å²) in [5, 5.41) is 16.5. The Morgan fingerprint density at radius 1 is 1.05 bits per heavy atom. The summed E-state index contributed by atoms with van der Waals surface area (Å²) in [7, 11) is 0. The van der Waals surface area contributed by atoms with Crippen molar-refractivity contribution in [1.82, 2.24) is 10.6 Å². The van der Waals surface area contributed by atoms with Crippen LogP contribution in [0.25, 0.3) is 0 Å². The van der Waals surface area contributed by atoms with Gasteiger partial charge in [-0.1, -0.05) is 43.2 Å². The quantitative estimate of drug-likeness (QED) is 0.221. The number of aliphatic hydroxyl groups is 1. The Morgan fingerprint density at radius 2 is 1.82 bits per heavy atom. The van der Waals surface area contributed by atoms with Crippen molar-refractivity contribution in [3.63, 3.8) is 0 Å². The fourth-order valence-corrected chi connectivity index (χ4v) is 4.45. The number of hydrogen-bond acceptors (Lipinski definition) is 6. The van der Waals surface area contributed by atoms with Gasteiger partial charge in [-0.15, -0.1) is 0 Å². The predicted octanol–water partition coefficient (Wildman–Crippen LogP) is 4.72. The number of rotatable bonds is 17. The molecular formula is C30H45N3O5. The first-order valence-corrected chi connectivity index (χ1v) is 13.9. The molecule has 1 aliphatic heterocycles. The molecule has 0 fully saturated rings. The molecule has 1 atom stereocenters. The number of amides is 2. The minimum atomic E-state index is -0.608. The zero-order valence-electron chi connectivity index (χ0n) is 23.0. The molecule has 0 spiro atoms. The fourth-order valence-electron chi connectivity index (χ4n) is 4.45. The van der Waals surface area contributed by atoms with Crippen LogP contribution in [-0.2, 0) is 29.0 Å². The van der Waals surface area contributed by atoms with Crippen LogP contribution >= 0.6 is 0 Å². The maximum absolute atomic E-state index is 10.8. The molecule has 0 unspecified atom stereocenters. The molecule has 1 heterocycles. The van der Waals surface area contributed by atoms with E-state index >= 15 is 0 Å². The second kappa shape index (κ2) is 15.7. The molecule has 1 aliphatic rings. The number of primary amides is 1. The minimum Gasteiger partial charge on any atom is -0.463 e. The van der Waals surface area contributed by atoms with Crippen LogP contribution in [0.15, 0.2) is 42.5 Å². The highest BCUT2D eigenvalue weighted by Crippen LogP contribution is 2.32. The van der Waals surface area contributed by atoms with Gasteiger partial charge in [0.15, 0.2) is 0 Å². The highest BCUT2D eigenvalue weighted by atomic mass is 16.7. The number of fused-ring (bicyclic) bond motifs is 1. The standard InChI is InChI=1S/C30H45N3O5/c1-30(2)37-22-26-19-25(13-14-28(26)38-30)27(34)21-32-15-6-3-4-7-16-36-17-8-5-10-23-11-9-12-24(18-23)20-33-29(31)35/h9,11-14,18-19,27,32,34H,3-8,10,15-17,20-22H2,1-2H3,(H3,31,33,35)/t27-/m1/s1. The fraction of sp³-hybridized carbons (Fsp3) is 0.567. The summed E-state index contributed by atoms with van der Waals surface area (Å²) in [5.74, 6) is 0.218. The van der Waals surface area contributed by atoms with Crippen LogP contribution in [0.2, 0.25) is 0 Å². The average Bonchev–Trinajstić information content (AvgIpc) is 2.89. The lowest BCUT2D eigenvalue weighted by Crippen LogP contribution is -2.35. The minimum absolute atomic E-state index is 0.463. The molecule has 0 radical (unpaired) electrons. The van der Waals surface area contributed by atoms with E-state index in [1.165, 1.54) is 5.56 Å². The summed E-state index contributed by atoms with van der Waals surface area (Å²) in [4.78, 5) is 10.8. The summed E-state index contributed by atoms with van der Waals surface area (Å²) >= 11 is 0. The molecule has 2 amide bonds. The molecule has 2 aromatic rings. The summed E-state index contributed by atoms with van der Waals surface area (Å²) in [5.41, 5.74) is 9.32. The van der Waals surface area contributed by atoms with Gasteiger partial charge < -0.3 is 35.7 Å². The van der Waals surface area contributed by atoms with Gasteiger partial charge in [-0.25, -0.2) is 4.79 Å². The van der Waals surface area contributed by atoms with Crippen LogP contribution in [0.3, 0.4) is 0 Å². The van der Waals surface area contributed by atoms with Crippen molar-refractivity contribution < 1.29 is 24.1 Å². The van der Waals surface area contributed by atoms with E-state index in [0.717, 1.165) is 87.1 Å². The highest BCUT2D eigenvalue weighted by Gasteiger charge is 2.27. The highest BCUT2D eigenvalue weighted by molar-refractivity contribution is 5.71. The number of carbonyl (C=O) groups is 1. The molecule has 0 aliphatic carbocycles. The van der Waals surface area contributed by atoms with E-state index in [1.807, 2.05) is 44.2 Å². The number of nitrogens with two attached hydrogens (primary N) is 1. The van der Waals surface area contributed by atoms with E-state index in [0.29, 0.717) is 19.7 Å². The second-order valence-corrected chi connectivity index (χ2v) is 10.4. The summed E-state index contributed by atoms with van der Waals surface area (Å²) in [6.07, 6.45) is 7.03. The van der Waals surface area contributed by atoms with E-state index < -0.39 is 17.9 Å². The van der Waals surface area contributed by atoms with Crippen LogP contribution in [0.1, 0.15) is 80.7 Å². The normalized spacial score (nSPS) is 14.9. The van der Waals surface area contributed by atoms with Gasteiger partial charge in [0, 0.05) is 45.7 Å². The van der Waals surface area contributed by atoms with Gasteiger partial charge in [0.2, 0.25) is 5.79 Å². The largest absolute Gasteiger partial charge is 0.463 e. The Balaban J connectivity index is 1.14. The lowest BCUT2D eigenvalue weighted by Gasteiger charge is -2.33. The molecule has 2 aromatic carbocycles. The lowest BCUT2D eigenvalue weighted by molar-refractivity contribution is -0.180. The molecule has 3 rings (SSSR count). The topological polar surface area (TPSA) is 115 Å². The molecule has 0 bridgehead atoms. The van der Waals surface area contributed by atoms with Gasteiger partial charge in [-0.05, 0) is 67.5 Å². The van der Waals surface area contributed by atoms with Crippen molar-refractivity contribution in [1.29, 1.82) is 0 Å². The zero-order chi connectivity index (χ0) is 27.2. The number of hydrogen-bond donors (Lipinski definition) is 4. The first-order valence-electron chi connectivity index (χ1n) is 13.9. The Hall–Kier alpha value is -2.65. The van der Waals surface area contributed by atoms with Crippen molar-refractivity contribution in [2.45, 2.75) is 83.8 Å². The predicted molar refractivity (Wildman–Crippen MR) is 149 cm³/mol.